The number of alkyl halides is 4. The van der Waals surface area contributed by atoms with Crippen molar-refractivity contribution in [2.45, 2.75) is 139 Å². The van der Waals surface area contributed by atoms with Gasteiger partial charge in [-0.05, 0) is 131 Å². The van der Waals surface area contributed by atoms with Crippen LogP contribution in [0, 0.1) is 24.7 Å². The first-order chi connectivity index (χ1) is 29.5. The molecule has 4 aromatic carbocycles. The molecule has 316 valence electrons. The predicted octanol–water partition coefficient (Wildman–Crippen LogP) is 17.7. The average Bonchev–Trinajstić information content (AvgIpc) is 3.70. The van der Waals surface area contributed by atoms with Gasteiger partial charge in [0, 0.05) is 43.3 Å². The maximum Gasteiger partial charge on any atom is 0.0246 e. The van der Waals surface area contributed by atoms with Gasteiger partial charge in [-0.1, -0.05) is 213 Å². The van der Waals surface area contributed by atoms with Crippen LogP contribution in [0.25, 0.3) is 34.4 Å². The lowest BCUT2D eigenvalue weighted by molar-refractivity contribution is 0.401. The first kappa shape index (κ1) is 47.1. The summed E-state index contributed by atoms with van der Waals surface area (Å²) in [6, 6.07) is 28.2. The van der Waals surface area contributed by atoms with Crippen LogP contribution < -0.4 is 0 Å². The van der Waals surface area contributed by atoms with Gasteiger partial charge in [0.1, 0.15) is 0 Å². The van der Waals surface area contributed by atoms with Gasteiger partial charge in [-0.25, -0.2) is 0 Å². The Morgan fingerprint density at radius 2 is 0.650 bits per heavy atom. The smallest absolute Gasteiger partial charge is 0.0246 e. The van der Waals surface area contributed by atoms with E-state index >= 15 is 0 Å². The second-order valence-electron chi connectivity index (χ2n) is 17.3. The Morgan fingerprint density at radius 1 is 0.367 bits per heavy atom. The molecule has 0 spiro atoms. The molecular weight excluding hydrogens is 992 g/mol. The van der Waals surface area contributed by atoms with Crippen molar-refractivity contribution in [3.63, 3.8) is 0 Å². The Hall–Kier alpha value is -2.34. The van der Waals surface area contributed by atoms with E-state index in [9.17, 15) is 0 Å². The number of halogens is 4. The Morgan fingerprint density at radius 3 is 0.950 bits per heavy atom. The van der Waals surface area contributed by atoms with Crippen LogP contribution in [0.4, 0.5) is 0 Å². The van der Waals surface area contributed by atoms with Gasteiger partial charge < -0.3 is 0 Å². The summed E-state index contributed by atoms with van der Waals surface area (Å²) in [4.78, 5) is 0. The van der Waals surface area contributed by atoms with Gasteiger partial charge in [-0.15, -0.1) is 12.8 Å². The third-order valence-corrected chi connectivity index (χ3v) is 15.8. The van der Waals surface area contributed by atoms with E-state index in [1.807, 2.05) is 0 Å². The predicted molar refractivity (Wildman–Crippen MR) is 278 cm³/mol. The minimum atomic E-state index is -0.0244. The van der Waals surface area contributed by atoms with Crippen LogP contribution in [-0.2, 0) is 10.8 Å². The Labute approximate surface area is 397 Å². The van der Waals surface area contributed by atoms with Gasteiger partial charge in [0.25, 0.3) is 0 Å². The summed E-state index contributed by atoms with van der Waals surface area (Å²) in [5, 5.41) is 4.33. The van der Waals surface area contributed by atoms with Crippen LogP contribution in [0.5, 0.6) is 0 Å². The first-order valence-corrected chi connectivity index (χ1v) is 27.4. The monoisotopic (exact) mass is 1050 g/mol. The van der Waals surface area contributed by atoms with Crippen molar-refractivity contribution in [2.75, 3.05) is 21.3 Å². The Kier molecular flexibility index (Phi) is 18.8. The Bertz CT molecular complexity index is 1950. The van der Waals surface area contributed by atoms with Gasteiger partial charge in [0.2, 0.25) is 0 Å². The van der Waals surface area contributed by atoms with E-state index in [0.717, 1.165) is 58.1 Å². The van der Waals surface area contributed by atoms with Crippen LogP contribution in [0.15, 0.2) is 72.8 Å². The second-order valence-corrected chi connectivity index (χ2v) is 20.5. The molecule has 0 fully saturated rings. The van der Waals surface area contributed by atoms with Crippen molar-refractivity contribution in [3.05, 3.63) is 117 Å². The molecule has 6 rings (SSSR count). The van der Waals surface area contributed by atoms with Gasteiger partial charge in [0.15, 0.2) is 0 Å². The van der Waals surface area contributed by atoms with Crippen molar-refractivity contribution in [3.8, 4) is 46.9 Å². The van der Waals surface area contributed by atoms with Gasteiger partial charge in [-0.2, -0.15) is 0 Å². The highest BCUT2D eigenvalue weighted by atomic mass is 79.9. The molecule has 0 saturated heterocycles. The summed E-state index contributed by atoms with van der Waals surface area (Å²) in [7, 11) is 0. The van der Waals surface area contributed by atoms with Crippen LogP contribution in [0.2, 0.25) is 0 Å². The highest BCUT2D eigenvalue weighted by Gasteiger charge is 2.44. The van der Waals surface area contributed by atoms with E-state index in [-0.39, 0.29) is 10.8 Å². The molecule has 0 bridgehead atoms. The maximum atomic E-state index is 6.06. The number of rotatable bonds is 26. The molecule has 0 atom stereocenters. The number of hydrogen-bond donors (Lipinski definition) is 0. The van der Waals surface area contributed by atoms with Crippen LogP contribution in [0.1, 0.15) is 173 Å². The minimum absolute atomic E-state index is 0.0244. The number of hydrogen-bond acceptors (Lipinski definition) is 0. The minimum Gasteiger partial charge on any atom is -0.115 e. The molecule has 4 aromatic rings. The molecule has 0 unspecified atom stereocenters. The standard InChI is InChI=1S/C56H64Br4/c1-3-43-23-27-47-49-29-25-45(41-53(49)55(51(47)39-43,31-13-5-9-17-35-57)32-14-6-10-18-36-58)21-22-46-26-30-50-48-28-24-44(4-2)40-52(48)56(54(50)42-46,33-15-7-11-19-37-59)34-16-8-12-20-38-60/h1-2,21-30,39-42H,5-20,31-38H2. The summed E-state index contributed by atoms with van der Waals surface area (Å²) < 4.78 is 0. The summed E-state index contributed by atoms with van der Waals surface area (Å²) in [5.74, 6) is 5.96. The zero-order valence-electron chi connectivity index (χ0n) is 35.7. The third-order valence-electron chi connectivity index (χ3n) is 13.5. The average molecular weight is 1060 g/mol. The van der Waals surface area contributed by atoms with E-state index in [1.165, 1.54) is 158 Å². The summed E-state index contributed by atoms with van der Waals surface area (Å²) in [5.41, 5.74) is 15.9. The van der Waals surface area contributed by atoms with E-state index in [4.69, 9.17) is 12.8 Å². The fourth-order valence-electron chi connectivity index (χ4n) is 10.4. The lowest BCUT2D eigenvalue weighted by Gasteiger charge is -2.33. The molecule has 0 heterocycles. The van der Waals surface area contributed by atoms with Gasteiger partial charge >= 0.3 is 0 Å². The lowest BCUT2D eigenvalue weighted by Crippen LogP contribution is -2.26. The first-order valence-electron chi connectivity index (χ1n) is 22.9. The molecule has 2 aliphatic carbocycles. The number of benzene rings is 4. The van der Waals surface area contributed by atoms with Gasteiger partial charge in [0.05, 0.1) is 0 Å². The number of fused-ring (bicyclic) bond motifs is 6. The third kappa shape index (κ3) is 11.1. The van der Waals surface area contributed by atoms with E-state index in [2.05, 4.69) is 161 Å². The van der Waals surface area contributed by atoms with Crippen molar-refractivity contribution >= 4 is 75.9 Å². The highest BCUT2D eigenvalue weighted by Crippen LogP contribution is 2.56. The normalized spacial score (nSPS) is 14.1. The molecule has 0 N–H and O–H groups in total. The number of unbranched alkanes of at least 4 members (excludes halogenated alkanes) is 12. The molecule has 60 heavy (non-hydrogen) atoms. The fraction of sp³-hybridized carbons (Fsp3) is 0.464. The molecule has 0 aliphatic heterocycles. The quantitative estimate of drug-likeness (QED) is 0.0254. The molecule has 0 aromatic heterocycles. The molecular formula is C56H64Br4. The fourth-order valence-corrected chi connectivity index (χ4v) is 12.0. The lowest BCUT2D eigenvalue weighted by atomic mass is 9.70. The van der Waals surface area contributed by atoms with E-state index in [1.54, 1.807) is 0 Å². The van der Waals surface area contributed by atoms with Gasteiger partial charge in [-0.3, -0.25) is 0 Å². The summed E-state index contributed by atoms with van der Waals surface area (Å²) in [6.45, 7) is 0. The SMILES string of the molecule is C#Cc1ccc2c(c1)C(CCCCCCBr)(CCCCCCBr)c1cc(C=Cc3ccc4c(c3)C(CCCCCCBr)(CCCCCCBr)c3cc(C#C)ccc3-4)ccc1-2. The molecule has 0 saturated carbocycles. The largest absolute Gasteiger partial charge is 0.115 e. The number of terminal acetylenes is 2. The van der Waals surface area contributed by atoms with Crippen molar-refractivity contribution in [1.82, 2.24) is 0 Å². The van der Waals surface area contributed by atoms with Crippen LogP contribution in [0.3, 0.4) is 0 Å². The second kappa shape index (κ2) is 23.9. The van der Waals surface area contributed by atoms with Crippen molar-refractivity contribution in [1.29, 1.82) is 0 Å². The zero-order chi connectivity index (χ0) is 42.2. The zero-order valence-corrected chi connectivity index (χ0v) is 42.1. The molecule has 0 radical (unpaired) electrons. The van der Waals surface area contributed by atoms with Crippen LogP contribution >= 0.6 is 63.7 Å². The Balaban J connectivity index is 1.37. The maximum absolute atomic E-state index is 6.06. The molecule has 0 amide bonds. The molecule has 4 heteroatoms. The van der Waals surface area contributed by atoms with Crippen molar-refractivity contribution in [2.24, 2.45) is 0 Å². The molecule has 0 nitrogen and oxygen atoms in total. The van der Waals surface area contributed by atoms with E-state index < -0.39 is 0 Å². The summed E-state index contributed by atoms with van der Waals surface area (Å²) >= 11 is 14.6. The highest BCUT2D eigenvalue weighted by molar-refractivity contribution is 9.09. The molecule has 2 aliphatic rings. The van der Waals surface area contributed by atoms with Crippen molar-refractivity contribution < 1.29 is 0 Å². The van der Waals surface area contributed by atoms with Crippen LogP contribution in [-0.4, -0.2) is 21.3 Å². The topological polar surface area (TPSA) is 0 Å². The summed E-state index contributed by atoms with van der Waals surface area (Å²) in [6.07, 6.45) is 41.5. The van der Waals surface area contributed by atoms with E-state index in [0.29, 0.717) is 0 Å².